The van der Waals surface area contributed by atoms with E-state index in [-0.39, 0.29) is 6.04 Å². The van der Waals surface area contributed by atoms with E-state index in [4.69, 9.17) is 16.3 Å². The van der Waals surface area contributed by atoms with Crippen molar-refractivity contribution in [3.63, 3.8) is 0 Å². The number of hydrogen-bond acceptors (Lipinski definition) is 3. The highest BCUT2D eigenvalue weighted by Crippen LogP contribution is 2.26. The Morgan fingerprint density at radius 1 is 1.33 bits per heavy atom. The van der Waals surface area contributed by atoms with Crippen LogP contribution in [0.3, 0.4) is 0 Å². The van der Waals surface area contributed by atoms with Crippen LogP contribution in [-0.4, -0.2) is 23.4 Å². The normalized spacial score (nSPS) is 12.4. The molecule has 0 aliphatic heterocycles. The molecule has 0 radical (unpaired) electrons. The topological polar surface area (TPSA) is 39.1 Å². The Bertz CT molecular complexity index is 546. The van der Waals surface area contributed by atoms with E-state index in [1.807, 2.05) is 23.9 Å². The van der Waals surface area contributed by atoms with E-state index in [0.717, 1.165) is 35.9 Å². The van der Waals surface area contributed by atoms with E-state index < -0.39 is 0 Å². The van der Waals surface area contributed by atoms with Crippen LogP contribution in [0.1, 0.15) is 30.6 Å². The molecular weight excluding hydrogens is 286 g/mol. The maximum absolute atomic E-state index is 6.26. The summed E-state index contributed by atoms with van der Waals surface area (Å²) in [6.07, 6.45) is 3.65. The number of nitrogens with one attached hydrogen (secondary N) is 1. The lowest BCUT2D eigenvalue weighted by Crippen LogP contribution is -2.24. The summed E-state index contributed by atoms with van der Waals surface area (Å²) in [7, 11) is 3.61. The Hall–Kier alpha value is -1.52. The van der Waals surface area contributed by atoms with Gasteiger partial charge in [0, 0.05) is 7.05 Å². The van der Waals surface area contributed by atoms with Gasteiger partial charge in [0.25, 0.3) is 0 Å². The third kappa shape index (κ3) is 3.99. The molecule has 21 heavy (non-hydrogen) atoms. The molecule has 0 aliphatic carbocycles. The second-order valence-corrected chi connectivity index (χ2v) is 5.41. The fourth-order valence-corrected chi connectivity index (χ4v) is 2.79. The van der Waals surface area contributed by atoms with Crippen molar-refractivity contribution < 1.29 is 4.74 Å². The monoisotopic (exact) mass is 307 g/mol. The van der Waals surface area contributed by atoms with Crippen LogP contribution in [0, 0.1) is 0 Å². The Morgan fingerprint density at radius 2 is 2.05 bits per heavy atom. The molecule has 4 nitrogen and oxygen atoms in total. The van der Waals surface area contributed by atoms with Gasteiger partial charge in [-0.3, -0.25) is 4.68 Å². The molecule has 0 aliphatic rings. The minimum Gasteiger partial charge on any atom is -0.497 e. The lowest BCUT2D eigenvalue weighted by Gasteiger charge is -2.19. The fraction of sp³-hybridized carbons (Fsp3) is 0.438. The average Bonchev–Trinajstić information content (AvgIpc) is 2.83. The first-order valence-electron chi connectivity index (χ1n) is 7.19. The SMILES string of the molecule is CCNC(CCc1ccc(OC)cc1)c1c(Cl)cnn1C. The number of rotatable bonds is 7. The van der Waals surface area contributed by atoms with Gasteiger partial charge in [-0.1, -0.05) is 30.7 Å². The number of benzene rings is 1. The number of nitrogens with zero attached hydrogens (tertiary/aromatic N) is 2. The number of methoxy groups -OCH3 is 1. The van der Waals surface area contributed by atoms with Crippen molar-refractivity contribution >= 4 is 11.6 Å². The minimum atomic E-state index is 0.206. The molecule has 1 atom stereocenters. The molecule has 114 valence electrons. The molecule has 0 fully saturated rings. The predicted molar refractivity (Wildman–Crippen MR) is 86.0 cm³/mol. The summed E-state index contributed by atoms with van der Waals surface area (Å²) in [6.45, 7) is 3.00. The molecule has 1 aromatic carbocycles. The smallest absolute Gasteiger partial charge is 0.118 e. The first-order valence-corrected chi connectivity index (χ1v) is 7.57. The molecule has 1 heterocycles. The van der Waals surface area contributed by atoms with Crippen molar-refractivity contribution in [3.05, 3.63) is 46.7 Å². The Morgan fingerprint density at radius 3 is 2.57 bits per heavy atom. The van der Waals surface area contributed by atoms with Crippen LogP contribution >= 0.6 is 11.6 Å². The summed E-state index contributed by atoms with van der Waals surface area (Å²) in [5.41, 5.74) is 2.34. The lowest BCUT2D eigenvalue weighted by molar-refractivity contribution is 0.414. The van der Waals surface area contributed by atoms with Crippen molar-refractivity contribution in [2.75, 3.05) is 13.7 Å². The molecule has 0 saturated heterocycles. The van der Waals surface area contributed by atoms with E-state index in [9.17, 15) is 0 Å². The average molecular weight is 308 g/mol. The molecule has 5 heteroatoms. The minimum absolute atomic E-state index is 0.206. The van der Waals surface area contributed by atoms with Gasteiger partial charge in [-0.05, 0) is 37.1 Å². The van der Waals surface area contributed by atoms with Crippen molar-refractivity contribution in [1.29, 1.82) is 0 Å². The number of ether oxygens (including phenoxy) is 1. The van der Waals surface area contributed by atoms with Gasteiger partial charge in [0.15, 0.2) is 0 Å². The van der Waals surface area contributed by atoms with E-state index >= 15 is 0 Å². The number of aryl methyl sites for hydroxylation is 2. The maximum Gasteiger partial charge on any atom is 0.118 e. The van der Waals surface area contributed by atoms with Crippen LogP contribution in [0.2, 0.25) is 5.02 Å². The van der Waals surface area contributed by atoms with Gasteiger partial charge in [-0.25, -0.2) is 0 Å². The third-order valence-electron chi connectivity index (χ3n) is 3.60. The van der Waals surface area contributed by atoms with Gasteiger partial charge in [0.1, 0.15) is 5.75 Å². The molecule has 1 N–H and O–H groups in total. The fourth-order valence-electron chi connectivity index (χ4n) is 2.50. The predicted octanol–water partition coefficient (Wildman–Crippen LogP) is 3.37. The van der Waals surface area contributed by atoms with Crippen molar-refractivity contribution in [2.45, 2.75) is 25.8 Å². The molecule has 1 unspecified atom stereocenters. The van der Waals surface area contributed by atoms with Crippen molar-refractivity contribution in [2.24, 2.45) is 7.05 Å². The number of halogens is 1. The molecule has 2 rings (SSSR count). The summed E-state index contributed by atoms with van der Waals surface area (Å²) in [4.78, 5) is 0. The molecule has 0 amide bonds. The molecule has 0 spiro atoms. The largest absolute Gasteiger partial charge is 0.497 e. The van der Waals surface area contributed by atoms with Crippen LogP contribution in [0.5, 0.6) is 5.75 Å². The van der Waals surface area contributed by atoms with Gasteiger partial charge in [0.05, 0.1) is 30.1 Å². The quantitative estimate of drug-likeness (QED) is 0.852. The van der Waals surface area contributed by atoms with Gasteiger partial charge in [-0.2, -0.15) is 5.10 Å². The third-order valence-corrected chi connectivity index (χ3v) is 3.89. The molecular formula is C16H22ClN3O. The van der Waals surface area contributed by atoms with Crippen LogP contribution in [0.15, 0.2) is 30.5 Å². The zero-order valence-electron chi connectivity index (χ0n) is 12.8. The second-order valence-electron chi connectivity index (χ2n) is 5.00. The van der Waals surface area contributed by atoms with Gasteiger partial charge >= 0.3 is 0 Å². The Balaban J connectivity index is 2.06. The maximum atomic E-state index is 6.26. The van der Waals surface area contributed by atoms with Gasteiger partial charge in [-0.15, -0.1) is 0 Å². The van der Waals surface area contributed by atoms with Crippen LogP contribution in [-0.2, 0) is 13.5 Å². The van der Waals surface area contributed by atoms with Gasteiger partial charge in [0.2, 0.25) is 0 Å². The highest BCUT2D eigenvalue weighted by atomic mass is 35.5. The summed E-state index contributed by atoms with van der Waals surface area (Å²) in [6, 6.07) is 8.40. The molecule has 1 aromatic heterocycles. The van der Waals surface area contributed by atoms with E-state index in [2.05, 4.69) is 29.5 Å². The van der Waals surface area contributed by atoms with Crippen molar-refractivity contribution in [1.82, 2.24) is 15.1 Å². The second kappa shape index (κ2) is 7.48. The van der Waals surface area contributed by atoms with Crippen LogP contribution < -0.4 is 10.1 Å². The van der Waals surface area contributed by atoms with Crippen LogP contribution in [0.25, 0.3) is 0 Å². The zero-order valence-corrected chi connectivity index (χ0v) is 13.5. The Labute approximate surface area is 131 Å². The van der Waals surface area contributed by atoms with Gasteiger partial charge < -0.3 is 10.1 Å². The molecule has 0 bridgehead atoms. The van der Waals surface area contributed by atoms with E-state index in [0.29, 0.717) is 0 Å². The first kappa shape index (κ1) is 15.9. The number of aromatic nitrogens is 2. The zero-order chi connectivity index (χ0) is 15.2. The Kier molecular flexibility index (Phi) is 5.65. The highest BCUT2D eigenvalue weighted by molar-refractivity contribution is 6.31. The molecule has 0 saturated carbocycles. The van der Waals surface area contributed by atoms with E-state index in [1.165, 1.54) is 5.56 Å². The molecule has 2 aromatic rings. The highest BCUT2D eigenvalue weighted by Gasteiger charge is 2.18. The summed E-state index contributed by atoms with van der Waals surface area (Å²) >= 11 is 6.26. The lowest BCUT2D eigenvalue weighted by atomic mass is 10.0. The van der Waals surface area contributed by atoms with Crippen molar-refractivity contribution in [3.8, 4) is 5.75 Å². The summed E-state index contributed by atoms with van der Waals surface area (Å²) in [5.74, 6) is 0.886. The first-order chi connectivity index (χ1) is 10.2. The van der Waals surface area contributed by atoms with Crippen LogP contribution in [0.4, 0.5) is 0 Å². The standard InChI is InChI=1S/C16H22ClN3O/c1-4-18-15(16-14(17)11-19-20(16)2)10-7-12-5-8-13(21-3)9-6-12/h5-6,8-9,11,15,18H,4,7,10H2,1-3H3. The number of hydrogen-bond donors (Lipinski definition) is 1. The summed E-state index contributed by atoms with van der Waals surface area (Å²) in [5, 5.41) is 8.44. The summed E-state index contributed by atoms with van der Waals surface area (Å²) < 4.78 is 7.03. The van der Waals surface area contributed by atoms with E-state index in [1.54, 1.807) is 13.3 Å².